The molecule has 0 heterocycles. The number of fused-ring (bicyclic) bond motifs is 3. The lowest BCUT2D eigenvalue weighted by atomic mass is 10.1. The minimum absolute atomic E-state index is 0.0937. The number of benzene rings is 3. The van der Waals surface area contributed by atoms with E-state index in [4.69, 9.17) is 0 Å². The Labute approximate surface area is 173 Å². The summed E-state index contributed by atoms with van der Waals surface area (Å²) in [7, 11) is 0. The second kappa shape index (κ2) is 8.67. The number of hydrogen-bond acceptors (Lipinski definition) is 4. The Bertz CT molecular complexity index is 970. The van der Waals surface area contributed by atoms with E-state index in [0.717, 1.165) is 5.56 Å². The highest BCUT2D eigenvalue weighted by molar-refractivity contribution is 8.00. The molecule has 3 nitrogen and oxygen atoms in total. The second-order valence-electron chi connectivity index (χ2n) is 6.43. The van der Waals surface area contributed by atoms with E-state index in [1.807, 2.05) is 30.5 Å². The summed E-state index contributed by atoms with van der Waals surface area (Å²) < 4.78 is 0. The minimum Gasteiger partial charge on any atom is -0.272 e. The van der Waals surface area contributed by atoms with Crippen molar-refractivity contribution in [2.75, 3.05) is 12.0 Å². The van der Waals surface area contributed by atoms with Crippen molar-refractivity contribution in [1.82, 2.24) is 5.43 Å². The first-order valence-corrected chi connectivity index (χ1v) is 11.3. The van der Waals surface area contributed by atoms with Crippen LogP contribution in [0.1, 0.15) is 21.9 Å². The standard InChI is InChI=1S/C23H20N2OS2/c1-27-17-12-10-16(11-13-17)14-24-25-22(26)15-28-23-20-8-4-2-6-18(20)19-7-3-5-9-21(19)23/h2-14,23H,15H2,1H3,(H,25,26)/b24-14-. The van der Waals surface area contributed by atoms with Crippen molar-refractivity contribution in [3.63, 3.8) is 0 Å². The van der Waals surface area contributed by atoms with Crippen LogP contribution < -0.4 is 5.43 Å². The fraction of sp³-hybridized carbons (Fsp3) is 0.130. The van der Waals surface area contributed by atoms with Crippen LogP contribution in [0.4, 0.5) is 0 Å². The van der Waals surface area contributed by atoms with Crippen LogP contribution in [-0.4, -0.2) is 24.1 Å². The molecule has 0 bridgehead atoms. The highest BCUT2D eigenvalue weighted by atomic mass is 32.2. The summed E-state index contributed by atoms with van der Waals surface area (Å²) in [4.78, 5) is 13.5. The van der Waals surface area contributed by atoms with Crippen LogP contribution in [-0.2, 0) is 4.79 Å². The van der Waals surface area contributed by atoms with Gasteiger partial charge in [-0.05, 0) is 46.2 Å². The van der Waals surface area contributed by atoms with Gasteiger partial charge in [0.2, 0.25) is 5.91 Å². The summed E-state index contributed by atoms with van der Waals surface area (Å²) in [6.45, 7) is 0. The monoisotopic (exact) mass is 404 g/mol. The second-order valence-corrected chi connectivity index (χ2v) is 8.40. The number of carbonyl (C=O) groups excluding carboxylic acids is 1. The predicted octanol–water partition coefficient (Wildman–Crippen LogP) is 5.36. The summed E-state index contributed by atoms with van der Waals surface area (Å²) >= 11 is 3.34. The van der Waals surface area contributed by atoms with Crippen molar-refractivity contribution in [3.05, 3.63) is 89.5 Å². The van der Waals surface area contributed by atoms with Crippen LogP contribution in [0.25, 0.3) is 11.1 Å². The smallest absolute Gasteiger partial charge is 0.250 e. The molecule has 0 radical (unpaired) electrons. The number of rotatable bonds is 6. The molecule has 0 fully saturated rings. The summed E-state index contributed by atoms with van der Waals surface area (Å²) in [5.74, 6) is 0.264. The van der Waals surface area contributed by atoms with Crippen molar-refractivity contribution in [2.45, 2.75) is 10.1 Å². The molecule has 0 aromatic heterocycles. The molecule has 5 heteroatoms. The zero-order valence-corrected chi connectivity index (χ0v) is 17.1. The lowest BCUT2D eigenvalue weighted by Crippen LogP contribution is -2.20. The number of thioether (sulfide) groups is 2. The molecule has 0 atom stereocenters. The van der Waals surface area contributed by atoms with Crippen molar-refractivity contribution in [3.8, 4) is 11.1 Å². The summed E-state index contributed by atoms with van der Waals surface area (Å²) in [6, 6.07) is 24.9. The van der Waals surface area contributed by atoms with Gasteiger partial charge in [0.05, 0.1) is 17.2 Å². The van der Waals surface area contributed by atoms with Crippen molar-refractivity contribution < 1.29 is 4.79 Å². The number of carbonyl (C=O) groups is 1. The van der Waals surface area contributed by atoms with Gasteiger partial charge in [-0.25, -0.2) is 5.43 Å². The molecule has 1 N–H and O–H groups in total. The zero-order chi connectivity index (χ0) is 19.3. The van der Waals surface area contributed by atoms with E-state index in [1.165, 1.54) is 27.1 Å². The summed E-state index contributed by atoms with van der Waals surface area (Å²) in [5, 5.41) is 4.27. The molecule has 0 unspecified atom stereocenters. The van der Waals surface area contributed by atoms with E-state index >= 15 is 0 Å². The first-order valence-electron chi connectivity index (χ1n) is 9.02. The number of nitrogens with zero attached hydrogens (tertiary/aromatic N) is 1. The van der Waals surface area contributed by atoms with Gasteiger partial charge in [-0.3, -0.25) is 4.79 Å². The molecule has 1 aliphatic carbocycles. The quantitative estimate of drug-likeness (QED) is 0.341. The first kappa shape index (κ1) is 18.8. The minimum atomic E-state index is -0.0937. The van der Waals surface area contributed by atoms with Gasteiger partial charge in [-0.1, -0.05) is 60.7 Å². The Balaban J connectivity index is 1.38. The highest BCUT2D eigenvalue weighted by Crippen LogP contribution is 2.49. The van der Waals surface area contributed by atoms with Gasteiger partial charge >= 0.3 is 0 Å². The van der Waals surface area contributed by atoms with Gasteiger partial charge in [0.1, 0.15) is 0 Å². The SMILES string of the molecule is CSc1ccc(/C=N\NC(=O)CSC2c3ccccc3-c3ccccc32)cc1. The first-order chi connectivity index (χ1) is 13.8. The number of nitrogens with one attached hydrogen (secondary N) is 1. The van der Waals surface area contributed by atoms with Crippen LogP contribution in [0.3, 0.4) is 0 Å². The topological polar surface area (TPSA) is 41.5 Å². The molecular weight excluding hydrogens is 384 g/mol. The molecule has 1 amide bonds. The van der Waals surface area contributed by atoms with Gasteiger partial charge in [0.25, 0.3) is 0 Å². The molecule has 3 aromatic carbocycles. The molecule has 140 valence electrons. The highest BCUT2D eigenvalue weighted by Gasteiger charge is 2.28. The molecule has 3 aromatic rings. The molecule has 28 heavy (non-hydrogen) atoms. The van der Waals surface area contributed by atoms with Crippen LogP contribution in [0.2, 0.25) is 0 Å². The third-order valence-corrected chi connectivity index (χ3v) is 6.69. The van der Waals surface area contributed by atoms with Gasteiger partial charge in [0.15, 0.2) is 0 Å². The van der Waals surface area contributed by atoms with E-state index in [2.05, 4.69) is 59.1 Å². The fourth-order valence-corrected chi connectivity index (χ4v) is 4.91. The lowest BCUT2D eigenvalue weighted by Gasteiger charge is -2.12. The van der Waals surface area contributed by atoms with Gasteiger partial charge < -0.3 is 0 Å². The van der Waals surface area contributed by atoms with Crippen LogP contribution in [0.5, 0.6) is 0 Å². The summed E-state index contributed by atoms with van der Waals surface area (Å²) in [6.07, 6.45) is 3.72. The van der Waals surface area contributed by atoms with Crippen molar-refractivity contribution >= 4 is 35.6 Å². The molecule has 4 rings (SSSR count). The summed E-state index contributed by atoms with van der Waals surface area (Å²) in [5.41, 5.74) is 8.68. The number of amides is 1. The molecule has 0 saturated heterocycles. The third kappa shape index (κ3) is 4.01. The predicted molar refractivity (Wildman–Crippen MR) is 120 cm³/mol. The largest absolute Gasteiger partial charge is 0.272 e. The van der Waals surface area contributed by atoms with Gasteiger partial charge in [-0.15, -0.1) is 23.5 Å². The van der Waals surface area contributed by atoms with Crippen LogP contribution >= 0.6 is 23.5 Å². The van der Waals surface area contributed by atoms with Gasteiger partial charge in [-0.2, -0.15) is 5.10 Å². The third-order valence-electron chi connectivity index (χ3n) is 4.68. The Morgan fingerprint density at radius 1 is 0.964 bits per heavy atom. The van der Waals surface area contributed by atoms with Crippen molar-refractivity contribution in [1.29, 1.82) is 0 Å². The normalized spacial score (nSPS) is 12.8. The Kier molecular flexibility index (Phi) is 5.84. The lowest BCUT2D eigenvalue weighted by molar-refractivity contribution is -0.118. The maximum atomic E-state index is 12.3. The average molecular weight is 405 g/mol. The van der Waals surface area contributed by atoms with E-state index in [0.29, 0.717) is 5.75 Å². The van der Waals surface area contributed by atoms with E-state index < -0.39 is 0 Å². The number of hydrogen-bond donors (Lipinski definition) is 1. The Morgan fingerprint density at radius 3 is 2.18 bits per heavy atom. The Hall–Kier alpha value is -2.50. The molecule has 0 spiro atoms. The Morgan fingerprint density at radius 2 is 1.57 bits per heavy atom. The van der Waals surface area contributed by atoms with Crippen LogP contribution in [0, 0.1) is 0 Å². The molecular formula is C23H20N2OS2. The zero-order valence-electron chi connectivity index (χ0n) is 15.5. The fourth-order valence-electron chi connectivity index (χ4n) is 3.35. The van der Waals surface area contributed by atoms with E-state index in [9.17, 15) is 4.79 Å². The van der Waals surface area contributed by atoms with Gasteiger partial charge in [0, 0.05) is 4.90 Å². The van der Waals surface area contributed by atoms with Crippen LogP contribution in [0.15, 0.2) is 82.8 Å². The molecule has 1 aliphatic rings. The van der Waals surface area contributed by atoms with E-state index in [1.54, 1.807) is 29.7 Å². The van der Waals surface area contributed by atoms with E-state index in [-0.39, 0.29) is 11.2 Å². The maximum Gasteiger partial charge on any atom is 0.250 e. The average Bonchev–Trinajstić information content (AvgIpc) is 3.07. The van der Waals surface area contributed by atoms with Crippen molar-refractivity contribution in [2.24, 2.45) is 5.10 Å². The maximum absolute atomic E-state index is 12.3. The molecule has 0 aliphatic heterocycles. The number of hydrazone groups is 1. The molecule has 0 saturated carbocycles.